The fourth-order valence-electron chi connectivity index (χ4n) is 4.78. The number of fused-ring (bicyclic) bond motifs is 3. The molecule has 2 N–H and O–H groups in total. The third-order valence-electron chi connectivity index (χ3n) is 6.63. The summed E-state index contributed by atoms with van der Waals surface area (Å²) in [7, 11) is 0. The molecule has 0 atom stereocenters. The summed E-state index contributed by atoms with van der Waals surface area (Å²) in [5.74, 6) is -0.951. The monoisotopic (exact) mass is 475 g/mol. The summed E-state index contributed by atoms with van der Waals surface area (Å²) < 4.78 is 10.5. The van der Waals surface area contributed by atoms with Crippen LogP contribution in [0.4, 0.5) is 4.79 Å². The predicted molar refractivity (Wildman–Crippen MR) is 125 cm³/mol. The number of carbonyl (C=O) groups is 3. The molecular weight excluding hydrogens is 450 g/mol. The highest BCUT2D eigenvalue weighted by atomic mass is 16.5. The smallest absolute Gasteiger partial charge is 0.407 e. The second kappa shape index (κ2) is 9.61. The Hall–Kier alpha value is -4.14. The zero-order chi connectivity index (χ0) is 24.4. The van der Waals surface area contributed by atoms with E-state index in [1.807, 2.05) is 24.3 Å². The number of nitrogens with zero attached hydrogens (tertiary/aromatic N) is 2. The summed E-state index contributed by atoms with van der Waals surface area (Å²) in [4.78, 5) is 37.5. The SMILES string of the molecule is O=C(O)CCC1CN(C(=O)c2conc2CNC(=O)OCC2c3ccccc3-c3ccccc32)C1. The van der Waals surface area contributed by atoms with E-state index in [0.29, 0.717) is 25.2 Å². The van der Waals surface area contributed by atoms with E-state index in [0.717, 1.165) is 22.3 Å². The molecule has 0 bridgehead atoms. The fraction of sp³-hybridized carbons (Fsp3) is 0.308. The highest BCUT2D eigenvalue weighted by Crippen LogP contribution is 2.44. The molecule has 35 heavy (non-hydrogen) atoms. The summed E-state index contributed by atoms with van der Waals surface area (Å²) in [6.45, 7) is 1.17. The summed E-state index contributed by atoms with van der Waals surface area (Å²) in [6, 6.07) is 16.2. The number of amides is 2. The average Bonchev–Trinajstić information content (AvgIpc) is 3.43. The van der Waals surface area contributed by atoms with Gasteiger partial charge < -0.3 is 24.6 Å². The van der Waals surface area contributed by atoms with Crippen molar-refractivity contribution in [3.63, 3.8) is 0 Å². The summed E-state index contributed by atoms with van der Waals surface area (Å²) in [5, 5.41) is 15.3. The number of ether oxygens (including phenoxy) is 1. The predicted octanol–water partition coefficient (Wildman–Crippen LogP) is 3.65. The lowest BCUT2D eigenvalue weighted by molar-refractivity contribution is -0.137. The minimum Gasteiger partial charge on any atom is -0.481 e. The number of carboxylic acid groups (broad SMARTS) is 1. The molecule has 1 fully saturated rings. The Kier molecular flexibility index (Phi) is 6.22. The normalized spacial score (nSPS) is 14.7. The number of alkyl carbamates (subject to hydrolysis) is 1. The Balaban J connectivity index is 1.14. The number of rotatable bonds is 8. The first-order valence-electron chi connectivity index (χ1n) is 11.5. The third kappa shape index (κ3) is 4.62. The van der Waals surface area contributed by atoms with Crippen LogP contribution in [0.25, 0.3) is 11.1 Å². The van der Waals surface area contributed by atoms with Crippen molar-refractivity contribution in [2.45, 2.75) is 25.3 Å². The molecule has 9 nitrogen and oxygen atoms in total. The van der Waals surface area contributed by atoms with Crippen LogP contribution >= 0.6 is 0 Å². The van der Waals surface area contributed by atoms with Gasteiger partial charge in [-0.25, -0.2) is 4.79 Å². The lowest BCUT2D eigenvalue weighted by Gasteiger charge is -2.39. The van der Waals surface area contributed by atoms with Gasteiger partial charge in [-0.2, -0.15) is 0 Å². The van der Waals surface area contributed by atoms with Gasteiger partial charge in [-0.05, 0) is 34.6 Å². The largest absolute Gasteiger partial charge is 0.481 e. The molecule has 2 aliphatic rings. The Morgan fingerprint density at radius 1 is 1.06 bits per heavy atom. The quantitative estimate of drug-likeness (QED) is 0.510. The number of likely N-dealkylation sites (tertiary alicyclic amines) is 1. The van der Waals surface area contributed by atoms with Crippen molar-refractivity contribution >= 4 is 18.0 Å². The molecule has 0 spiro atoms. The van der Waals surface area contributed by atoms with E-state index in [1.54, 1.807) is 4.90 Å². The molecule has 0 saturated carbocycles. The van der Waals surface area contributed by atoms with Gasteiger partial charge in [-0.15, -0.1) is 0 Å². The molecule has 1 aromatic heterocycles. The first kappa shape index (κ1) is 22.6. The Morgan fingerprint density at radius 2 is 1.71 bits per heavy atom. The lowest BCUT2D eigenvalue weighted by atomic mass is 9.94. The molecule has 180 valence electrons. The zero-order valence-corrected chi connectivity index (χ0v) is 19.0. The van der Waals surface area contributed by atoms with Gasteiger partial charge in [0.2, 0.25) is 0 Å². The molecule has 0 radical (unpaired) electrons. The van der Waals surface area contributed by atoms with Gasteiger partial charge in [-0.3, -0.25) is 9.59 Å². The summed E-state index contributed by atoms with van der Waals surface area (Å²) in [5.41, 5.74) is 5.15. The number of hydrogen-bond donors (Lipinski definition) is 2. The molecule has 2 heterocycles. The molecule has 9 heteroatoms. The van der Waals surface area contributed by atoms with Crippen molar-refractivity contribution in [3.8, 4) is 11.1 Å². The minimum atomic E-state index is -0.838. The van der Waals surface area contributed by atoms with Crippen LogP contribution < -0.4 is 5.32 Å². The zero-order valence-electron chi connectivity index (χ0n) is 19.0. The number of nitrogens with one attached hydrogen (secondary N) is 1. The topological polar surface area (TPSA) is 122 Å². The van der Waals surface area contributed by atoms with Gasteiger partial charge in [0.25, 0.3) is 5.91 Å². The van der Waals surface area contributed by atoms with Crippen LogP contribution in [0.1, 0.15) is 45.9 Å². The fourth-order valence-corrected chi connectivity index (χ4v) is 4.78. The molecule has 3 aromatic rings. The lowest BCUT2D eigenvalue weighted by Crippen LogP contribution is -2.50. The minimum absolute atomic E-state index is 0.00939. The van der Waals surface area contributed by atoms with Gasteiger partial charge in [0.15, 0.2) is 0 Å². The average molecular weight is 476 g/mol. The summed E-state index contributed by atoms with van der Waals surface area (Å²) in [6.07, 6.45) is 1.29. The van der Waals surface area contributed by atoms with Crippen LogP contribution in [-0.2, 0) is 16.1 Å². The van der Waals surface area contributed by atoms with Crippen molar-refractivity contribution in [2.24, 2.45) is 5.92 Å². The highest BCUT2D eigenvalue weighted by molar-refractivity contribution is 5.95. The number of carboxylic acids is 1. The maximum Gasteiger partial charge on any atom is 0.407 e. The number of hydrogen-bond acceptors (Lipinski definition) is 6. The first-order valence-corrected chi connectivity index (χ1v) is 11.5. The van der Waals surface area contributed by atoms with Crippen LogP contribution in [0.3, 0.4) is 0 Å². The molecule has 2 amide bonds. The van der Waals surface area contributed by atoms with Crippen molar-refractivity contribution in [1.82, 2.24) is 15.4 Å². The number of aliphatic carboxylic acids is 1. The number of carbonyl (C=O) groups excluding carboxylic acids is 2. The molecule has 5 rings (SSSR count). The van der Waals surface area contributed by atoms with Crippen LogP contribution in [0.5, 0.6) is 0 Å². The standard InChI is InChI=1S/C26H25N3O6/c30-24(31)10-9-16-12-29(13-16)25(32)22-15-35-28-23(22)11-27-26(33)34-14-21-19-7-3-1-5-17(19)18-6-2-4-8-20(18)21/h1-8,15-16,21H,9-14H2,(H,27,33)(H,30,31). The van der Waals surface area contributed by atoms with Gasteiger partial charge in [0, 0.05) is 25.4 Å². The third-order valence-corrected chi connectivity index (χ3v) is 6.63. The van der Waals surface area contributed by atoms with Crippen LogP contribution in [0.2, 0.25) is 0 Å². The maximum atomic E-state index is 12.7. The van der Waals surface area contributed by atoms with Crippen molar-refractivity contribution in [1.29, 1.82) is 0 Å². The first-order chi connectivity index (χ1) is 17.0. The maximum absolute atomic E-state index is 12.7. The van der Waals surface area contributed by atoms with Gasteiger partial charge in [0.05, 0.1) is 6.54 Å². The van der Waals surface area contributed by atoms with Gasteiger partial charge in [0.1, 0.15) is 24.1 Å². The van der Waals surface area contributed by atoms with Crippen molar-refractivity contribution < 1.29 is 28.8 Å². The van der Waals surface area contributed by atoms with E-state index < -0.39 is 12.1 Å². The Labute approximate surface area is 201 Å². The Morgan fingerprint density at radius 3 is 2.37 bits per heavy atom. The van der Waals surface area contributed by atoms with E-state index in [1.165, 1.54) is 6.26 Å². The Bertz CT molecular complexity index is 1220. The molecule has 0 unspecified atom stereocenters. The highest BCUT2D eigenvalue weighted by Gasteiger charge is 2.33. The molecule has 1 aliphatic carbocycles. The molecule has 1 saturated heterocycles. The van der Waals surface area contributed by atoms with E-state index in [4.69, 9.17) is 14.4 Å². The van der Waals surface area contributed by atoms with Crippen LogP contribution in [-0.4, -0.2) is 52.8 Å². The van der Waals surface area contributed by atoms with Gasteiger partial charge in [-0.1, -0.05) is 53.7 Å². The second-order valence-electron chi connectivity index (χ2n) is 8.86. The molecule has 2 aromatic carbocycles. The molecule has 1 aliphatic heterocycles. The van der Waals surface area contributed by atoms with Gasteiger partial charge >= 0.3 is 12.1 Å². The molecular formula is C26H25N3O6. The van der Waals surface area contributed by atoms with Crippen molar-refractivity contribution in [2.75, 3.05) is 19.7 Å². The summed E-state index contributed by atoms with van der Waals surface area (Å²) >= 11 is 0. The number of aromatic nitrogens is 1. The van der Waals surface area contributed by atoms with Crippen LogP contribution in [0, 0.1) is 5.92 Å². The van der Waals surface area contributed by atoms with E-state index in [-0.39, 0.29) is 42.9 Å². The second-order valence-corrected chi connectivity index (χ2v) is 8.86. The van der Waals surface area contributed by atoms with E-state index in [9.17, 15) is 14.4 Å². The van der Waals surface area contributed by atoms with Crippen molar-refractivity contribution in [3.05, 3.63) is 77.2 Å². The van der Waals surface area contributed by atoms with Crippen LogP contribution in [0.15, 0.2) is 59.3 Å². The van der Waals surface area contributed by atoms with E-state index in [2.05, 4.69) is 34.7 Å². The number of benzene rings is 2. The van der Waals surface area contributed by atoms with E-state index >= 15 is 0 Å².